The lowest BCUT2D eigenvalue weighted by atomic mass is 9.85. The molecule has 0 bridgehead atoms. The average molecular weight is 361 g/mol. The van der Waals surface area contributed by atoms with Gasteiger partial charge in [-0.3, -0.25) is 0 Å². The van der Waals surface area contributed by atoms with Gasteiger partial charge < -0.3 is 5.11 Å². The van der Waals surface area contributed by atoms with Gasteiger partial charge in [-0.05, 0) is 35.4 Å². The van der Waals surface area contributed by atoms with Crippen molar-refractivity contribution in [1.29, 1.82) is 0 Å². The van der Waals surface area contributed by atoms with E-state index in [4.69, 9.17) is 0 Å². The molecule has 0 aliphatic heterocycles. The zero-order chi connectivity index (χ0) is 19.3. The topological polar surface area (TPSA) is 20.2 Å². The molecule has 150 valence electrons. The van der Waals surface area contributed by atoms with Crippen LogP contribution in [0.3, 0.4) is 0 Å². The fraction of sp³-hybridized carbons (Fsp3) is 0.760. The minimum atomic E-state index is 0.0120. The van der Waals surface area contributed by atoms with E-state index in [2.05, 4.69) is 39.8 Å². The molecule has 0 saturated heterocycles. The van der Waals surface area contributed by atoms with E-state index in [1.54, 1.807) is 0 Å². The van der Waals surface area contributed by atoms with E-state index in [-0.39, 0.29) is 5.41 Å². The first-order valence-electron chi connectivity index (χ1n) is 11.3. The molecule has 0 amide bonds. The van der Waals surface area contributed by atoms with Crippen molar-refractivity contribution < 1.29 is 5.11 Å². The second kappa shape index (κ2) is 13.2. The van der Waals surface area contributed by atoms with E-state index in [1.165, 1.54) is 89.0 Å². The third-order valence-electron chi connectivity index (χ3n) is 5.44. The lowest BCUT2D eigenvalue weighted by Gasteiger charge is -2.20. The van der Waals surface area contributed by atoms with Gasteiger partial charge in [-0.1, -0.05) is 117 Å². The van der Waals surface area contributed by atoms with Crippen LogP contribution in [0.2, 0.25) is 0 Å². The van der Waals surface area contributed by atoms with E-state index >= 15 is 0 Å². The Bertz CT molecular complexity index is 470. The number of rotatable bonds is 14. The molecule has 1 N–H and O–H groups in total. The highest BCUT2D eigenvalue weighted by Crippen LogP contribution is 2.31. The summed E-state index contributed by atoms with van der Waals surface area (Å²) in [6, 6.07) is 6.27. The van der Waals surface area contributed by atoms with Gasteiger partial charge in [0.05, 0.1) is 0 Å². The van der Waals surface area contributed by atoms with Crippen molar-refractivity contribution in [3.05, 3.63) is 29.3 Å². The van der Waals surface area contributed by atoms with Crippen LogP contribution in [0.4, 0.5) is 0 Å². The third-order valence-corrected chi connectivity index (χ3v) is 5.44. The number of aryl methyl sites for hydroxylation is 1. The molecule has 0 aliphatic carbocycles. The normalized spacial score (nSPS) is 11.8. The summed E-state index contributed by atoms with van der Waals surface area (Å²) in [4.78, 5) is 0. The van der Waals surface area contributed by atoms with Crippen molar-refractivity contribution in [3.8, 4) is 5.75 Å². The van der Waals surface area contributed by atoms with Gasteiger partial charge in [-0.15, -0.1) is 0 Å². The molecule has 0 unspecified atom stereocenters. The highest BCUT2D eigenvalue weighted by Gasteiger charge is 2.17. The van der Waals surface area contributed by atoms with Crippen LogP contribution in [0.15, 0.2) is 18.2 Å². The molecular formula is C25H44O. The molecule has 0 fully saturated rings. The smallest absolute Gasteiger partial charge is 0.119 e. The molecule has 1 heteroatoms. The monoisotopic (exact) mass is 360 g/mol. The number of phenolic OH excluding ortho intramolecular Hbond substituents is 1. The zero-order valence-electron chi connectivity index (χ0n) is 18.1. The first kappa shape index (κ1) is 23.1. The fourth-order valence-corrected chi connectivity index (χ4v) is 3.71. The molecule has 0 aliphatic rings. The highest BCUT2D eigenvalue weighted by atomic mass is 16.3. The molecule has 0 saturated carbocycles. The van der Waals surface area contributed by atoms with E-state index in [0.29, 0.717) is 5.75 Å². The molecular weight excluding hydrogens is 316 g/mol. The Morgan fingerprint density at radius 3 is 1.58 bits per heavy atom. The maximum absolute atomic E-state index is 10.2. The van der Waals surface area contributed by atoms with E-state index in [0.717, 1.165) is 12.0 Å². The summed E-state index contributed by atoms with van der Waals surface area (Å²) in [6.45, 7) is 8.73. The summed E-state index contributed by atoms with van der Waals surface area (Å²) in [5, 5.41) is 10.2. The summed E-state index contributed by atoms with van der Waals surface area (Å²) in [6.07, 6.45) is 19.2. The van der Waals surface area contributed by atoms with Crippen LogP contribution in [0.5, 0.6) is 5.75 Å². The first-order chi connectivity index (χ1) is 12.4. The predicted molar refractivity (Wildman–Crippen MR) is 116 cm³/mol. The van der Waals surface area contributed by atoms with Gasteiger partial charge in [0.25, 0.3) is 0 Å². The number of benzene rings is 1. The van der Waals surface area contributed by atoms with Crippen molar-refractivity contribution in [2.24, 2.45) is 0 Å². The minimum absolute atomic E-state index is 0.0120. The second-order valence-electron chi connectivity index (χ2n) is 9.09. The molecule has 26 heavy (non-hydrogen) atoms. The van der Waals surface area contributed by atoms with Crippen molar-refractivity contribution in [1.82, 2.24) is 0 Å². The Kier molecular flexibility index (Phi) is 11.7. The van der Waals surface area contributed by atoms with E-state index < -0.39 is 0 Å². The van der Waals surface area contributed by atoms with Gasteiger partial charge in [0.1, 0.15) is 5.75 Å². The molecule has 1 aromatic carbocycles. The van der Waals surface area contributed by atoms with Gasteiger partial charge in [0, 0.05) is 0 Å². The third kappa shape index (κ3) is 10.2. The maximum Gasteiger partial charge on any atom is 0.119 e. The van der Waals surface area contributed by atoms with Crippen LogP contribution >= 0.6 is 0 Å². The van der Waals surface area contributed by atoms with E-state index in [9.17, 15) is 5.11 Å². The quantitative estimate of drug-likeness (QED) is 0.331. The molecule has 0 spiro atoms. The maximum atomic E-state index is 10.2. The van der Waals surface area contributed by atoms with E-state index in [1.807, 2.05) is 6.07 Å². The average Bonchev–Trinajstić information content (AvgIpc) is 2.58. The Labute approximate surface area is 163 Å². The molecule has 0 aromatic heterocycles. The van der Waals surface area contributed by atoms with Gasteiger partial charge in [0.2, 0.25) is 0 Å². The summed E-state index contributed by atoms with van der Waals surface area (Å²) < 4.78 is 0. The number of phenols is 1. The Morgan fingerprint density at radius 2 is 1.15 bits per heavy atom. The summed E-state index contributed by atoms with van der Waals surface area (Å²) >= 11 is 0. The van der Waals surface area contributed by atoms with Crippen LogP contribution in [0, 0.1) is 0 Å². The Hall–Kier alpha value is -0.980. The number of aromatic hydroxyl groups is 1. The number of hydrogen-bond acceptors (Lipinski definition) is 1. The summed E-state index contributed by atoms with van der Waals surface area (Å²) in [5.41, 5.74) is 2.34. The zero-order valence-corrected chi connectivity index (χ0v) is 18.1. The van der Waals surface area contributed by atoms with Gasteiger partial charge >= 0.3 is 0 Å². The van der Waals surface area contributed by atoms with Crippen molar-refractivity contribution in [2.45, 2.75) is 123 Å². The number of hydrogen-bond donors (Lipinski definition) is 1. The molecule has 1 aromatic rings. The molecule has 1 nitrogen and oxygen atoms in total. The largest absolute Gasteiger partial charge is 0.508 e. The van der Waals surface area contributed by atoms with Crippen LogP contribution in [0.1, 0.15) is 122 Å². The predicted octanol–water partition coefficient (Wildman–Crippen LogP) is 8.32. The van der Waals surface area contributed by atoms with Gasteiger partial charge in [-0.25, -0.2) is 0 Å². The Morgan fingerprint density at radius 1 is 0.692 bits per heavy atom. The molecule has 0 heterocycles. The molecule has 1 rings (SSSR count). The van der Waals surface area contributed by atoms with Crippen LogP contribution in [0.25, 0.3) is 0 Å². The van der Waals surface area contributed by atoms with Crippen LogP contribution in [-0.4, -0.2) is 5.11 Å². The van der Waals surface area contributed by atoms with Crippen LogP contribution in [-0.2, 0) is 11.8 Å². The first-order valence-corrected chi connectivity index (χ1v) is 11.3. The van der Waals surface area contributed by atoms with Gasteiger partial charge in [-0.2, -0.15) is 0 Å². The van der Waals surface area contributed by atoms with Gasteiger partial charge in [0.15, 0.2) is 0 Å². The standard InChI is InChI=1S/C25H44O/c1-5-6-7-8-9-10-11-12-13-14-15-16-17-18-22-19-20-23(24(26)21-22)25(2,3)4/h19-21,26H,5-18H2,1-4H3. The second-order valence-corrected chi connectivity index (χ2v) is 9.09. The van der Waals surface area contributed by atoms with Crippen molar-refractivity contribution >= 4 is 0 Å². The Balaban J connectivity index is 2.00. The minimum Gasteiger partial charge on any atom is -0.508 e. The lowest BCUT2D eigenvalue weighted by Crippen LogP contribution is -2.11. The summed E-state index contributed by atoms with van der Waals surface area (Å²) in [5.74, 6) is 0.463. The summed E-state index contributed by atoms with van der Waals surface area (Å²) in [7, 11) is 0. The van der Waals surface area contributed by atoms with Crippen LogP contribution < -0.4 is 0 Å². The number of unbranched alkanes of at least 4 members (excludes halogenated alkanes) is 12. The van der Waals surface area contributed by atoms with Crippen molar-refractivity contribution in [3.63, 3.8) is 0 Å². The molecule has 0 radical (unpaired) electrons. The molecule has 0 atom stereocenters. The SMILES string of the molecule is CCCCCCCCCCCCCCCc1ccc(C(C)(C)C)c(O)c1. The fourth-order valence-electron chi connectivity index (χ4n) is 3.71. The highest BCUT2D eigenvalue weighted by molar-refractivity contribution is 5.40. The lowest BCUT2D eigenvalue weighted by molar-refractivity contribution is 0.445. The van der Waals surface area contributed by atoms with Crippen molar-refractivity contribution in [2.75, 3.05) is 0 Å².